The second kappa shape index (κ2) is 7.08. The number of nitrogens with zero attached hydrogens (tertiary/aromatic N) is 1. The molecule has 0 bridgehead atoms. The fraction of sp³-hybridized carbons (Fsp3) is 0.467. The first-order valence-corrected chi connectivity index (χ1v) is 7.34. The maximum Gasteiger partial charge on any atom is 0.321 e. The Morgan fingerprint density at radius 1 is 1.38 bits per heavy atom. The van der Waals surface area contributed by atoms with Gasteiger partial charge in [0.1, 0.15) is 0 Å². The van der Waals surface area contributed by atoms with Crippen molar-refractivity contribution in [3.05, 3.63) is 23.8 Å². The largest absolute Gasteiger partial charge is 0.338 e. The molecule has 3 amide bonds. The van der Waals surface area contributed by atoms with E-state index in [1.54, 1.807) is 4.90 Å². The van der Waals surface area contributed by atoms with Crippen LogP contribution in [-0.4, -0.2) is 31.6 Å². The normalized spacial score (nSPS) is 13.0. The summed E-state index contributed by atoms with van der Waals surface area (Å²) in [6.45, 7) is 3.66. The molecule has 0 saturated heterocycles. The Morgan fingerprint density at radius 2 is 2.19 bits per heavy atom. The summed E-state index contributed by atoms with van der Waals surface area (Å²) in [5.74, 6) is -0.0528. The van der Waals surface area contributed by atoms with Crippen LogP contribution >= 0.6 is 0 Å². The van der Waals surface area contributed by atoms with Crippen LogP contribution < -0.4 is 21.3 Å². The standard InChI is InChI=1S/C15H22N4O2/c1-2-17-15(21)19-9-7-11-5-6-12(10-13(11)19)18-14(20)4-3-8-16/h5-6,10H,2-4,7-9,16H2,1H3,(H,17,21)(H,18,20). The average Bonchev–Trinajstić information content (AvgIpc) is 2.88. The SMILES string of the molecule is CCNC(=O)N1CCc2ccc(NC(=O)CCCN)cc21. The predicted molar refractivity (Wildman–Crippen MR) is 83.5 cm³/mol. The van der Waals surface area contributed by atoms with Gasteiger partial charge in [-0.15, -0.1) is 0 Å². The molecule has 0 aliphatic carbocycles. The van der Waals surface area contributed by atoms with E-state index in [0.29, 0.717) is 38.2 Å². The van der Waals surface area contributed by atoms with Crippen molar-refractivity contribution < 1.29 is 9.59 Å². The molecule has 0 saturated carbocycles. The van der Waals surface area contributed by atoms with Gasteiger partial charge in [-0.25, -0.2) is 4.79 Å². The molecule has 0 unspecified atom stereocenters. The van der Waals surface area contributed by atoms with E-state index in [2.05, 4.69) is 10.6 Å². The highest BCUT2D eigenvalue weighted by Crippen LogP contribution is 2.30. The molecule has 6 nitrogen and oxygen atoms in total. The highest BCUT2D eigenvalue weighted by molar-refractivity contribution is 5.96. The van der Waals surface area contributed by atoms with Crippen LogP contribution in [0.3, 0.4) is 0 Å². The van der Waals surface area contributed by atoms with Crippen LogP contribution in [0.15, 0.2) is 18.2 Å². The molecule has 114 valence electrons. The van der Waals surface area contributed by atoms with Crippen molar-refractivity contribution >= 4 is 23.3 Å². The van der Waals surface area contributed by atoms with Crippen molar-refractivity contribution in [1.82, 2.24) is 5.32 Å². The summed E-state index contributed by atoms with van der Waals surface area (Å²) in [7, 11) is 0. The predicted octanol–water partition coefficient (Wildman–Crippen LogP) is 1.46. The van der Waals surface area contributed by atoms with Gasteiger partial charge in [0.15, 0.2) is 0 Å². The fourth-order valence-corrected chi connectivity index (χ4v) is 2.40. The summed E-state index contributed by atoms with van der Waals surface area (Å²) in [6.07, 6.45) is 1.92. The zero-order valence-electron chi connectivity index (χ0n) is 12.3. The molecule has 2 rings (SSSR count). The third-order valence-electron chi connectivity index (χ3n) is 3.45. The van der Waals surface area contributed by atoms with Crippen LogP contribution in [0.2, 0.25) is 0 Å². The van der Waals surface area contributed by atoms with Gasteiger partial charge in [-0.05, 0) is 44.0 Å². The van der Waals surface area contributed by atoms with E-state index < -0.39 is 0 Å². The Balaban J connectivity index is 2.09. The molecule has 1 aliphatic heterocycles. The highest BCUT2D eigenvalue weighted by Gasteiger charge is 2.24. The van der Waals surface area contributed by atoms with Crippen LogP contribution in [0.1, 0.15) is 25.3 Å². The van der Waals surface area contributed by atoms with Gasteiger partial charge in [-0.2, -0.15) is 0 Å². The number of fused-ring (bicyclic) bond motifs is 1. The zero-order valence-corrected chi connectivity index (χ0v) is 12.3. The monoisotopic (exact) mass is 290 g/mol. The number of urea groups is 1. The van der Waals surface area contributed by atoms with Crippen molar-refractivity contribution in [2.24, 2.45) is 5.73 Å². The van der Waals surface area contributed by atoms with Crippen molar-refractivity contribution in [2.75, 3.05) is 29.9 Å². The van der Waals surface area contributed by atoms with Crippen LogP contribution in [0, 0.1) is 0 Å². The smallest absolute Gasteiger partial charge is 0.321 e. The fourth-order valence-electron chi connectivity index (χ4n) is 2.40. The number of rotatable bonds is 5. The van der Waals surface area contributed by atoms with Crippen molar-refractivity contribution in [3.8, 4) is 0 Å². The Kier molecular flexibility index (Phi) is 5.16. The Hall–Kier alpha value is -2.08. The highest BCUT2D eigenvalue weighted by atomic mass is 16.2. The molecule has 4 N–H and O–H groups in total. The maximum atomic E-state index is 12.0. The summed E-state index contributed by atoms with van der Waals surface area (Å²) < 4.78 is 0. The van der Waals surface area contributed by atoms with E-state index in [4.69, 9.17) is 5.73 Å². The van der Waals surface area contributed by atoms with Gasteiger partial charge >= 0.3 is 6.03 Å². The van der Waals surface area contributed by atoms with Gasteiger partial charge in [-0.1, -0.05) is 6.07 Å². The van der Waals surface area contributed by atoms with Gasteiger partial charge in [0, 0.05) is 25.2 Å². The van der Waals surface area contributed by atoms with Crippen LogP contribution in [0.25, 0.3) is 0 Å². The third kappa shape index (κ3) is 3.72. The molecule has 0 atom stereocenters. The summed E-state index contributed by atoms with van der Waals surface area (Å²) in [6, 6.07) is 5.61. The molecule has 0 radical (unpaired) electrons. The van der Waals surface area contributed by atoms with E-state index in [1.807, 2.05) is 25.1 Å². The maximum absolute atomic E-state index is 12.0. The number of carbonyl (C=O) groups excluding carboxylic acids is 2. The number of carbonyl (C=O) groups is 2. The van der Waals surface area contributed by atoms with E-state index in [-0.39, 0.29) is 11.9 Å². The van der Waals surface area contributed by atoms with Crippen molar-refractivity contribution in [3.63, 3.8) is 0 Å². The number of hydrogen-bond acceptors (Lipinski definition) is 3. The zero-order chi connectivity index (χ0) is 15.2. The molecule has 1 heterocycles. The van der Waals surface area contributed by atoms with E-state index in [9.17, 15) is 9.59 Å². The molecule has 0 fully saturated rings. The minimum atomic E-state index is -0.0946. The lowest BCUT2D eigenvalue weighted by molar-refractivity contribution is -0.116. The quantitative estimate of drug-likeness (QED) is 0.767. The molecular formula is C15H22N4O2. The second-order valence-electron chi connectivity index (χ2n) is 5.02. The summed E-state index contributed by atoms with van der Waals surface area (Å²) in [5.41, 5.74) is 8.11. The number of anilines is 2. The lowest BCUT2D eigenvalue weighted by Gasteiger charge is -2.18. The molecule has 1 aromatic rings. The topological polar surface area (TPSA) is 87.5 Å². The van der Waals surface area contributed by atoms with E-state index >= 15 is 0 Å². The lowest BCUT2D eigenvalue weighted by Crippen LogP contribution is -2.38. The number of benzene rings is 1. The minimum Gasteiger partial charge on any atom is -0.338 e. The molecule has 0 spiro atoms. The van der Waals surface area contributed by atoms with Crippen LogP contribution in [-0.2, 0) is 11.2 Å². The van der Waals surface area contributed by atoms with Gasteiger partial charge in [0.25, 0.3) is 0 Å². The molecule has 1 aliphatic rings. The first-order valence-electron chi connectivity index (χ1n) is 7.34. The van der Waals surface area contributed by atoms with Gasteiger partial charge in [-0.3, -0.25) is 9.69 Å². The average molecular weight is 290 g/mol. The Bertz CT molecular complexity index is 530. The summed E-state index contributed by atoms with van der Waals surface area (Å²) >= 11 is 0. The molecule has 6 heteroatoms. The van der Waals surface area contributed by atoms with Crippen LogP contribution in [0.5, 0.6) is 0 Å². The number of amides is 3. The van der Waals surface area contributed by atoms with Crippen LogP contribution in [0.4, 0.5) is 16.2 Å². The molecule has 1 aromatic carbocycles. The molecule has 21 heavy (non-hydrogen) atoms. The Morgan fingerprint density at radius 3 is 2.90 bits per heavy atom. The van der Waals surface area contributed by atoms with Gasteiger partial charge < -0.3 is 16.4 Å². The summed E-state index contributed by atoms with van der Waals surface area (Å²) in [5, 5.41) is 5.65. The minimum absolute atomic E-state index is 0.0528. The lowest BCUT2D eigenvalue weighted by atomic mass is 10.1. The second-order valence-corrected chi connectivity index (χ2v) is 5.02. The van der Waals surface area contributed by atoms with Crippen molar-refractivity contribution in [1.29, 1.82) is 0 Å². The van der Waals surface area contributed by atoms with E-state index in [0.717, 1.165) is 17.7 Å². The summed E-state index contributed by atoms with van der Waals surface area (Å²) in [4.78, 5) is 25.4. The van der Waals surface area contributed by atoms with E-state index in [1.165, 1.54) is 0 Å². The number of nitrogens with two attached hydrogens (primary N) is 1. The Labute approximate surface area is 124 Å². The van der Waals surface area contributed by atoms with Gasteiger partial charge in [0.05, 0.1) is 5.69 Å². The molecular weight excluding hydrogens is 268 g/mol. The van der Waals surface area contributed by atoms with Crippen molar-refractivity contribution in [2.45, 2.75) is 26.2 Å². The first kappa shape index (κ1) is 15.3. The third-order valence-corrected chi connectivity index (χ3v) is 3.45. The van der Waals surface area contributed by atoms with Gasteiger partial charge in [0.2, 0.25) is 5.91 Å². The first-order chi connectivity index (χ1) is 10.2. The molecule has 0 aromatic heterocycles. The number of nitrogens with one attached hydrogen (secondary N) is 2. The number of hydrogen-bond donors (Lipinski definition) is 3.